The summed E-state index contributed by atoms with van der Waals surface area (Å²) in [6.45, 7) is 5.06. The molecule has 0 amide bonds. The van der Waals surface area contributed by atoms with Crippen LogP contribution in [0.2, 0.25) is 0 Å². The van der Waals surface area contributed by atoms with Gasteiger partial charge in [-0.3, -0.25) is 0 Å². The van der Waals surface area contributed by atoms with Gasteiger partial charge in [-0.2, -0.15) is 0 Å². The molecular formula is C9H20N2O. The fourth-order valence-electron chi connectivity index (χ4n) is 1.52. The van der Waals surface area contributed by atoms with E-state index in [-0.39, 0.29) is 12.1 Å². The number of hydrogen-bond donors (Lipinski definition) is 3. The second-order valence-corrected chi connectivity index (χ2v) is 3.47. The van der Waals surface area contributed by atoms with Crippen molar-refractivity contribution < 1.29 is 5.11 Å². The van der Waals surface area contributed by atoms with Gasteiger partial charge in [-0.15, -0.1) is 0 Å². The predicted molar refractivity (Wildman–Crippen MR) is 50.2 cm³/mol. The molecule has 0 bridgehead atoms. The third kappa shape index (κ3) is 3.09. The number of aliphatic hydroxyl groups is 1. The van der Waals surface area contributed by atoms with E-state index in [0.29, 0.717) is 0 Å². The lowest BCUT2D eigenvalue weighted by Crippen LogP contribution is -2.52. The summed E-state index contributed by atoms with van der Waals surface area (Å²) < 4.78 is 0. The Morgan fingerprint density at radius 1 is 1.58 bits per heavy atom. The summed E-state index contributed by atoms with van der Waals surface area (Å²) in [5, 5.41) is 16.2. The SMILES string of the molecule is CCCCN[C@H]1CNCC[C@@H]1O. The Bertz CT molecular complexity index is 119. The molecular weight excluding hydrogens is 152 g/mol. The molecule has 12 heavy (non-hydrogen) atoms. The van der Waals surface area contributed by atoms with E-state index in [1.165, 1.54) is 12.8 Å². The molecule has 1 aliphatic rings. The molecule has 0 unspecified atom stereocenters. The number of piperidine rings is 1. The quantitative estimate of drug-likeness (QED) is 0.527. The minimum absolute atomic E-state index is 0.150. The second kappa shape index (κ2) is 5.51. The van der Waals surface area contributed by atoms with Crippen LogP contribution in [0.5, 0.6) is 0 Å². The lowest BCUT2D eigenvalue weighted by Gasteiger charge is -2.29. The topological polar surface area (TPSA) is 44.3 Å². The van der Waals surface area contributed by atoms with E-state index >= 15 is 0 Å². The van der Waals surface area contributed by atoms with Gasteiger partial charge >= 0.3 is 0 Å². The van der Waals surface area contributed by atoms with Crippen LogP contribution in [-0.4, -0.2) is 36.9 Å². The standard InChI is InChI=1S/C9H20N2O/c1-2-3-5-11-8-7-10-6-4-9(8)12/h8-12H,2-7H2,1H3/t8-,9-/m0/s1. The molecule has 1 aliphatic heterocycles. The Labute approximate surface area is 74.5 Å². The highest BCUT2D eigenvalue weighted by Crippen LogP contribution is 2.02. The monoisotopic (exact) mass is 172 g/mol. The van der Waals surface area contributed by atoms with Gasteiger partial charge in [0.15, 0.2) is 0 Å². The van der Waals surface area contributed by atoms with Crippen molar-refractivity contribution in [3.63, 3.8) is 0 Å². The normalized spacial score (nSPS) is 30.5. The smallest absolute Gasteiger partial charge is 0.0717 e. The minimum atomic E-state index is -0.150. The van der Waals surface area contributed by atoms with E-state index in [1.54, 1.807) is 0 Å². The zero-order valence-corrected chi connectivity index (χ0v) is 7.84. The summed E-state index contributed by atoms with van der Waals surface area (Å²) in [6.07, 6.45) is 3.14. The van der Waals surface area contributed by atoms with E-state index in [0.717, 1.165) is 26.1 Å². The van der Waals surface area contributed by atoms with E-state index in [4.69, 9.17) is 0 Å². The summed E-state index contributed by atoms with van der Waals surface area (Å²) in [7, 11) is 0. The number of aliphatic hydroxyl groups excluding tert-OH is 1. The molecule has 72 valence electrons. The average Bonchev–Trinajstić information content (AvgIpc) is 2.09. The molecule has 0 spiro atoms. The molecule has 3 heteroatoms. The van der Waals surface area contributed by atoms with Gasteiger partial charge < -0.3 is 15.7 Å². The van der Waals surface area contributed by atoms with Crippen LogP contribution in [0.15, 0.2) is 0 Å². The first kappa shape index (κ1) is 9.96. The molecule has 0 aromatic heterocycles. The van der Waals surface area contributed by atoms with Crippen LogP contribution in [0.4, 0.5) is 0 Å². The third-order valence-corrected chi connectivity index (χ3v) is 2.38. The van der Waals surface area contributed by atoms with Crippen LogP contribution < -0.4 is 10.6 Å². The van der Waals surface area contributed by atoms with Crippen molar-refractivity contribution in [2.75, 3.05) is 19.6 Å². The van der Waals surface area contributed by atoms with Gasteiger partial charge in [-0.05, 0) is 25.9 Å². The number of unbranched alkanes of at least 4 members (excludes halogenated alkanes) is 1. The molecule has 0 radical (unpaired) electrons. The first-order chi connectivity index (χ1) is 5.84. The molecule has 1 rings (SSSR count). The summed E-state index contributed by atoms with van der Waals surface area (Å²) in [5.74, 6) is 0. The average molecular weight is 172 g/mol. The van der Waals surface area contributed by atoms with Crippen molar-refractivity contribution in [3.05, 3.63) is 0 Å². The Balaban J connectivity index is 2.11. The maximum absolute atomic E-state index is 9.57. The first-order valence-corrected chi connectivity index (χ1v) is 4.96. The van der Waals surface area contributed by atoms with E-state index in [9.17, 15) is 5.11 Å². The van der Waals surface area contributed by atoms with Crippen LogP contribution in [0.1, 0.15) is 26.2 Å². The largest absolute Gasteiger partial charge is 0.391 e. The van der Waals surface area contributed by atoms with Gasteiger partial charge in [-0.25, -0.2) is 0 Å². The fraction of sp³-hybridized carbons (Fsp3) is 1.00. The van der Waals surface area contributed by atoms with Gasteiger partial charge in [-0.1, -0.05) is 13.3 Å². The Morgan fingerprint density at radius 2 is 2.42 bits per heavy atom. The highest BCUT2D eigenvalue weighted by Gasteiger charge is 2.21. The number of hydrogen-bond acceptors (Lipinski definition) is 3. The van der Waals surface area contributed by atoms with Crippen LogP contribution in [0, 0.1) is 0 Å². The van der Waals surface area contributed by atoms with E-state index in [1.807, 2.05) is 0 Å². The molecule has 0 aromatic carbocycles. The van der Waals surface area contributed by atoms with Crippen molar-refractivity contribution in [1.29, 1.82) is 0 Å². The van der Waals surface area contributed by atoms with Crippen molar-refractivity contribution >= 4 is 0 Å². The Hall–Kier alpha value is -0.120. The van der Waals surface area contributed by atoms with Gasteiger partial charge in [0.05, 0.1) is 6.10 Å². The number of rotatable bonds is 4. The maximum atomic E-state index is 9.57. The zero-order valence-electron chi connectivity index (χ0n) is 7.84. The molecule has 2 atom stereocenters. The lowest BCUT2D eigenvalue weighted by atomic mass is 10.0. The molecule has 0 saturated carbocycles. The number of nitrogens with one attached hydrogen (secondary N) is 2. The summed E-state index contributed by atoms with van der Waals surface area (Å²) in [6, 6.07) is 0.269. The van der Waals surface area contributed by atoms with Gasteiger partial charge in [0, 0.05) is 12.6 Å². The molecule has 3 N–H and O–H groups in total. The van der Waals surface area contributed by atoms with Crippen molar-refractivity contribution in [3.8, 4) is 0 Å². The summed E-state index contributed by atoms with van der Waals surface area (Å²) in [5.41, 5.74) is 0. The predicted octanol–water partition coefficient (Wildman–Crippen LogP) is 0.0989. The zero-order chi connectivity index (χ0) is 8.81. The van der Waals surface area contributed by atoms with E-state index < -0.39 is 0 Å². The highest BCUT2D eigenvalue weighted by molar-refractivity contribution is 4.82. The Morgan fingerprint density at radius 3 is 3.08 bits per heavy atom. The molecule has 3 nitrogen and oxygen atoms in total. The first-order valence-electron chi connectivity index (χ1n) is 4.96. The van der Waals surface area contributed by atoms with Gasteiger partial charge in [0.1, 0.15) is 0 Å². The molecule has 1 fully saturated rings. The molecule has 1 saturated heterocycles. The fourth-order valence-corrected chi connectivity index (χ4v) is 1.52. The van der Waals surface area contributed by atoms with Crippen LogP contribution in [0.3, 0.4) is 0 Å². The third-order valence-electron chi connectivity index (χ3n) is 2.38. The molecule has 1 heterocycles. The minimum Gasteiger partial charge on any atom is -0.391 e. The van der Waals surface area contributed by atoms with Crippen LogP contribution in [0.25, 0.3) is 0 Å². The van der Waals surface area contributed by atoms with Crippen molar-refractivity contribution in [2.45, 2.75) is 38.3 Å². The van der Waals surface area contributed by atoms with Crippen LogP contribution >= 0.6 is 0 Å². The van der Waals surface area contributed by atoms with Crippen LogP contribution in [-0.2, 0) is 0 Å². The summed E-state index contributed by atoms with van der Waals surface area (Å²) >= 11 is 0. The van der Waals surface area contributed by atoms with Crippen molar-refractivity contribution in [1.82, 2.24) is 10.6 Å². The van der Waals surface area contributed by atoms with E-state index in [2.05, 4.69) is 17.6 Å². The highest BCUT2D eigenvalue weighted by atomic mass is 16.3. The van der Waals surface area contributed by atoms with Gasteiger partial charge in [0.25, 0.3) is 0 Å². The second-order valence-electron chi connectivity index (χ2n) is 3.47. The maximum Gasteiger partial charge on any atom is 0.0717 e. The summed E-state index contributed by atoms with van der Waals surface area (Å²) in [4.78, 5) is 0. The van der Waals surface area contributed by atoms with Crippen molar-refractivity contribution in [2.24, 2.45) is 0 Å². The lowest BCUT2D eigenvalue weighted by molar-refractivity contribution is 0.0992. The Kier molecular flexibility index (Phi) is 4.58. The molecule has 0 aromatic rings. The van der Waals surface area contributed by atoms with Gasteiger partial charge in [0.2, 0.25) is 0 Å². The molecule has 0 aliphatic carbocycles.